The summed E-state index contributed by atoms with van der Waals surface area (Å²) in [5.41, 5.74) is 1.33. The van der Waals surface area contributed by atoms with Crippen molar-refractivity contribution in [3.05, 3.63) is 71.8 Å². The van der Waals surface area contributed by atoms with Gasteiger partial charge in [-0.05, 0) is 37.1 Å². The van der Waals surface area contributed by atoms with E-state index in [0.29, 0.717) is 18.5 Å². The molecule has 1 aliphatic carbocycles. The maximum absolute atomic E-state index is 13.0. The minimum Gasteiger partial charge on any atom is -0.458 e. The molecule has 0 spiro atoms. The molecule has 0 aromatic heterocycles. The fraction of sp³-hybridized carbons (Fsp3) is 0.391. The quantitative estimate of drug-likeness (QED) is 0.763. The molecule has 27 heavy (non-hydrogen) atoms. The number of hydrogen-bond acceptors (Lipinski definition) is 3. The summed E-state index contributed by atoms with van der Waals surface area (Å²) in [5, 5.41) is 0. The molecule has 0 radical (unpaired) electrons. The first-order chi connectivity index (χ1) is 13.2. The first-order valence-electron chi connectivity index (χ1n) is 9.86. The van der Waals surface area contributed by atoms with Crippen molar-refractivity contribution in [3.8, 4) is 0 Å². The number of carbonyl (C=O) groups excluding carboxylic acids is 2. The zero-order valence-corrected chi connectivity index (χ0v) is 15.4. The highest BCUT2D eigenvalue weighted by Gasteiger charge is 2.43. The van der Waals surface area contributed by atoms with Gasteiger partial charge in [0.15, 0.2) is 0 Å². The predicted octanol–water partition coefficient (Wildman–Crippen LogP) is 4.32. The summed E-state index contributed by atoms with van der Waals surface area (Å²) in [4.78, 5) is 27.6. The molecule has 2 fully saturated rings. The highest BCUT2D eigenvalue weighted by molar-refractivity contribution is 5.94. The second kappa shape index (κ2) is 7.95. The van der Waals surface area contributed by atoms with E-state index in [1.54, 1.807) is 12.1 Å². The predicted molar refractivity (Wildman–Crippen MR) is 103 cm³/mol. The van der Waals surface area contributed by atoms with Crippen LogP contribution in [0.25, 0.3) is 0 Å². The summed E-state index contributed by atoms with van der Waals surface area (Å²) in [7, 11) is 0. The van der Waals surface area contributed by atoms with Crippen LogP contribution in [0.5, 0.6) is 0 Å². The van der Waals surface area contributed by atoms with Gasteiger partial charge < -0.3 is 9.64 Å². The smallest absolute Gasteiger partial charge is 0.338 e. The molecule has 140 valence electrons. The maximum Gasteiger partial charge on any atom is 0.338 e. The average Bonchev–Trinajstić information content (AvgIpc) is 2.75. The molecule has 4 rings (SSSR count). The molecule has 1 aliphatic heterocycles. The number of fused-ring (bicyclic) bond motifs is 1. The number of piperidine rings is 1. The Morgan fingerprint density at radius 3 is 2.15 bits per heavy atom. The van der Waals surface area contributed by atoms with Crippen molar-refractivity contribution in [2.24, 2.45) is 5.92 Å². The number of benzene rings is 2. The Kier molecular flexibility index (Phi) is 5.23. The molecule has 1 saturated carbocycles. The van der Waals surface area contributed by atoms with Gasteiger partial charge >= 0.3 is 5.97 Å². The number of esters is 1. The molecule has 0 N–H and O–H groups in total. The van der Waals surface area contributed by atoms with Crippen molar-refractivity contribution in [1.29, 1.82) is 0 Å². The van der Waals surface area contributed by atoms with Crippen LogP contribution in [0.2, 0.25) is 0 Å². The Hall–Kier alpha value is -2.62. The molecular formula is C23H25NO3. The molecule has 1 saturated heterocycles. The molecule has 0 unspecified atom stereocenters. The number of ether oxygens (including phenoxy) is 1. The van der Waals surface area contributed by atoms with Crippen LogP contribution in [0.3, 0.4) is 0 Å². The zero-order valence-electron chi connectivity index (χ0n) is 15.4. The molecule has 4 heteroatoms. The minimum absolute atomic E-state index is 0.0975. The Morgan fingerprint density at radius 1 is 0.815 bits per heavy atom. The van der Waals surface area contributed by atoms with Gasteiger partial charge in [-0.15, -0.1) is 0 Å². The van der Waals surface area contributed by atoms with E-state index in [-0.39, 0.29) is 29.9 Å². The van der Waals surface area contributed by atoms with Crippen LogP contribution in [0.15, 0.2) is 60.7 Å². The molecule has 3 atom stereocenters. The van der Waals surface area contributed by atoms with Crippen molar-refractivity contribution >= 4 is 11.9 Å². The van der Waals surface area contributed by atoms with Crippen molar-refractivity contribution < 1.29 is 14.3 Å². The summed E-state index contributed by atoms with van der Waals surface area (Å²) in [6, 6.07) is 18.8. The lowest BCUT2D eigenvalue weighted by Gasteiger charge is -2.47. The van der Waals surface area contributed by atoms with Crippen LogP contribution >= 0.6 is 0 Å². The van der Waals surface area contributed by atoms with Crippen molar-refractivity contribution in [2.45, 2.75) is 44.2 Å². The number of likely N-dealkylation sites (tertiary alicyclic amines) is 1. The summed E-state index contributed by atoms with van der Waals surface area (Å²) in [5.74, 6) is 0.0703. The van der Waals surface area contributed by atoms with E-state index in [0.717, 1.165) is 31.2 Å². The van der Waals surface area contributed by atoms with Crippen molar-refractivity contribution in [3.63, 3.8) is 0 Å². The molecular weight excluding hydrogens is 338 g/mol. The lowest BCUT2D eigenvalue weighted by molar-refractivity contribution is -0.0447. The molecule has 2 aromatic rings. The van der Waals surface area contributed by atoms with Gasteiger partial charge in [-0.2, -0.15) is 0 Å². The highest BCUT2D eigenvalue weighted by atomic mass is 16.5. The number of hydrogen-bond donors (Lipinski definition) is 0. The van der Waals surface area contributed by atoms with Gasteiger partial charge in [-0.3, -0.25) is 4.79 Å². The van der Waals surface area contributed by atoms with E-state index >= 15 is 0 Å². The monoisotopic (exact) mass is 363 g/mol. The van der Waals surface area contributed by atoms with Crippen molar-refractivity contribution in [2.75, 3.05) is 6.54 Å². The average molecular weight is 363 g/mol. The third-order valence-corrected chi connectivity index (χ3v) is 5.86. The lowest BCUT2D eigenvalue weighted by atomic mass is 9.76. The van der Waals surface area contributed by atoms with E-state index in [9.17, 15) is 9.59 Å². The van der Waals surface area contributed by atoms with E-state index in [1.165, 1.54) is 0 Å². The van der Waals surface area contributed by atoms with Crippen LogP contribution < -0.4 is 0 Å². The van der Waals surface area contributed by atoms with Gasteiger partial charge in [-0.1, -0.05) is 49.2 Å². The Bertz CT molecular complexity index is 790. The molecule has 1 heterocycles. The van der Waals surface area contributed by atoms with E-state index in [4.69, 9.17) is 4.74 Å². The van der Waals surface area contributed by atoms with Gasteiger partial charge in [0.05, 0.1) is 5.56 Å². The van der Waals surface area contributed by atoms with Gasteiger partial charge in [0.1, 0.15) is 6.10 Å². The largest absolute Gasteiger partial charge is 0.458 e. The minimum atomic E-state index is -0.257. The Balaban J connectivity index is 1.50. The van der Waals surface area contributed by atoms with Gasteiger partial charge in [0.2, 0.25) is 0 Å². The second-order valence-corrected chi connectivity index (χ2v) is 7.48. The topological polar surface area (TPSA) is 46.6 Å². The van der Waals surface area contributed by atoms with Crippen LogP contribution in [-0.2, 0) is 4.74 Å². The zero-order chi connectivity index (χ0) is 18.6. The third kappa shape index (κ3) is 3.75. The summed E-state index contributed by atoms with van der Waals surface area (Å²) in [6.07, 6.45) is 4.85. The van der Waals surface area contributed by atoms with Gasteiger partial charge in [-0.25, -0.2) is 4.79 Å². The number of carbonyl (C=O) groups is 2. The number of rotatable bonds is 3. The van der Waals surface area contributed by atoms with Crippen LogP contribution in [0.4, 0.5) is 0 Å². The van der Waals surface area contributed by atoms with Gasteiger partial charge in [0, 0.05) is 30.5 Å². The van der Waals surface area contributed by atoms with E-state index in [1.807, 2.05) is 53.4 Å². The SMILES string of the molecule is O=C(O[C@@H]1CCN(C(=O)c2ccccc2)[C@@H]2CCCC[C@@H]21)c1ccccc1. The molecule has 4 nitrogen and oxygen atoms in total. The standard InChI is InChI=1S/C23H25NO3/c25-22(17-9-3-1-4-10-17)24-16-15-21(19-13-7-8-14-20(19)24)27-23(26)18-11-5-2-6-12-18/h1-6,9-12,19-21H,7-8,13-16H2/t19-,20+,21+/m0/s1. The first kappa shape index (κ1) is 17.8. The van der Waals surface area contributed by atoms with Crippen LogP contribution in [0.1, 0.15) is 52.8 Å². The third-order valence-electron chi connectivity index (χ3n) is 5.86. The molecule has 1 amide bonds. The fourth-order valence-corrected chi connectivity index (χ4v) is 4.53. The van der Waals surface area contributed by atoms with E-state index < -0.39 is 0 Å². The summed E-state index contributed by atoms with van der Waals surface area (Å²) < 4.78 is 5.90. The summed E-state index contributed by atoms with van der Waals surface area (Å²) in [6.45, 7) is 0.641. The summed E-state index contributed by atoms with van der Waals surface area (Å²) >= 11 is 0. The number of nitrogens with zero attached hydrogens (tertiary/aromatic N) is 1. The normalized spacial score (nSPS) is 24.7. The molecule has 0 bridgehead atoms. The lowest BCUT2D eigenvalue weighted by Crippen LogP contribution is -2.55. The first-order valence-corrected chi connectivity index (χ1v) is 9.86. The van der Waals surface area contributed by atoms with Gasteiger partial charge in [0.25, 0.3) is 5.91 Å². The maximum atomic E-state index is 13.0. The van der Waals surface area contributed by atoms with Crippen molar-refractivity contribution in [1.82, 2.24) is 4.90 Å². The highest BCUT2D eigenvalue weighted by Crippen LogP contribution is 2.38. The molecule has 2 aliphatic rings. The fourth-order valence-electron chi connectivity index (χ4n) is 4.53. The molecule has 2 aromatic carbocycles. The van der Waals surface area contributed by atoms with E-state index in [2.05, 4.69) is 0 Å². The second-order valence-electron chi connectivity index (χ2n) is 7.48. The van der Waals surface area contributed by atoms with Crippen LogP contribution in [0, 0.1) is 5.92 Å². The Labute approximate surface area is 160 Å². The number of amides is 1. The Morgan fingerprint density at radius 2 is 1.44 bits per heavy atom. The van der Waals surface area contributed by atoms with Crippen LogP contribution in [-0.4, -0.2) is 35.5 Å².